The molecule has 0 saturated carbocycles. The summed E-state index contributed by atoms with van der Waals surface area (Å²) in [6, 6.07) is 8.26. The topological polar surface area (TPSA) is 35.2 Å². The minimum absolute atomic E-state index is 0.263. The second-order valence-corrected chi connectivity index (χ2v) is 5.02. The summed E-state index contributed by atoms with van der Waals surface area (Å²) < 4.78 is 5.45. The first kappa shape index (κ1) is 12.2. The van der Waals surface area contributed by atoms with E-state index in [9.17, 15) is 0 Å². The fraction of sp³-hybridized carbons (Fsp3) is 0.538. The van der Waals surface area contributed by atoms with Crippen LogP contribution in [-0.2, 0) is 15.9 Å². The Kier molecular flexibility index (Phi) is 3.22. The van der Waals surface area contributed by atoms with Crippen LogP contribution in [0.2, 0.25) is 0 Å². The fourth-order valence-corrected chi connectivity index (χ4v) is 1.41. The SMILES string of the molecule is COC(C)(C)c1cccc(C(C)(C)N)c1. The van der Waals surface area contributed by atoms with Crippen molar-refractivity contribution in [3.8, 4) is 0 Å². The summed E-state index contributed by atoms with van der Waals surface area (Å²) in [4.78, 5) is 0. The van der Waals surface area contributed by atoms with Gasteiger partial charge >= 0.3 is 0 Å². The fourth-order valence-electron chi connectivity index (χ4n) is 1.41. The standard InChI is InChI=1S/C13H21NO/c1-12(2,14)10-7-6-8-11(9-10)13(3,4)15-5/h6-9H,14H2,1-5H3. The summed E-state index contributed by atoms with van der Waals surface area (Å²) in [5.74, 6) is 0. The lowest BCUT2D eigenvalue weighted by Gasteiger charge is -2.26. The molecule has 0 heterocycles. The maximum absolute atomic E-state index is 6.07. The van der Waals surface area contributed by atoms with Crippen molar-refractivity contribution in [2.75, 3.05) is 7.11 Å². The van der Waals surface area contributed by atoms with Crippen molar-refractivity contribution in [2.45, 2.75) is 38.8 Å². The first-order valence-electron chi connectivity index (χ1n) is 5.22. The molecule has 0 saturated heterocycles. The molecule has 0 aromatic heterocycles. The van der Waals surface area contributed by atoms with Gasteiger partial charge in [-0.25, -0.2) is 0 Å². The van der Waals surface area contributed by atoms with E-state index in [2.05, 4.69) is 32.0 Å². The minimum Gasteiger partial charge on any atom is -0.374 e. The van der Waals surface area contributed by atoms with Crippen LogP contribution in [0.4, 0.5) is 0 Å². The van der Waals surface area contributed by atoms with Crippen molar-refractivity contribution in [1.82, 2.24) is 0 Å². The predicted octanol–water partition coefficient (Wildman–Crippen LogP) is 2.76. The van der Waals surface area contributed by atoms with Crippen LogP contribution in [0.5, 0.6) is 0 Å². The number of ether oxygens (including phenoxy) is 1. The van der Waals surface area contributed by atoms with Crippen molar-refractivity contribution in [3.63, 3.8) is 0 Å². The molecule has 0 unspecified atom stereocenters. The van der Waals surface area contributed by atoms with E-state index < -0.39 is 0 Å². The lowest BCUT2D eigenvalue weighted by Crippen LogP contribution is -2.29. The zero-order chi connectivity index (χ0) is 11.7. The zero-order valence-corrected chi connectivity index (χ0v) is 10.3. The lowest BCUT2D eigenvalue weighted by atomic mass is 9.89. The molecule has 0 amide bonds. The number of methoxy groups -OCH3 is 1. The molecule has 0 fully saturated rings. The highest BCUT2D eigenvalue weighted by molar-refractivity contribution is 5.31. The molecule has 15 heavy (non-hydrogen) atoms. The number of rotatable bonds is 3. The Balaban J connectivity index is 3.14. The summed E-state index contributed by atoms with van der Waals surface area (Å²) in [6.45, 7) is 8.11. The molecule has 2 nitrogen and oxygen atoms in total. The Morgan fingerprint density at radius 1 is 1.07 bits per heavy atom. The van der Waals surface area contributed by atoms with Gasteiger partial charge in [-0.15, -0.1) is 0 Å². The van der Waals surface area contributed by atoms with E-state index in [0.29, 0.717) is 0 Å². The molecule has 84 valence electrons. The van der Waals surface area contributed by atoms with Gasteiger partial charge in [0.15, 0.2) is 0 Å². The van der Waals surface area contributed by atoms with Crippen LogP contribution < -0.4 is 5.73 Å². The number of hydrogen-bond acceptors (Lipinski definition) is 2. The number of hydrogen-bond donors (Lipinski definition) is 1. The molecule has 0 atom stereocenters. The summed E-state index contributed by atoms with van der Waals surface area (Å²) in [5, 5.41) is 0. The van der Waals surface area contributed by atoms with Crippen LogP contribution in [0.3, 0.4) is 0 Å². The van der Waals surface area contributed by atoms with Gasteiger partial charge in [-0.3, -0.25) is 0 Å². The predicted molar refractivity (Wildman–Crippen MR) is 63.7 cm³/mol. The second kappa shape index (κ2) is 3.95. The van der Waals surface area contributed by atoms with Gasteiger partial charge in [-0.05, 0) is 38.8 Å². The molecule has 0 bridgehead atoms. The average Bonchev–Trinajstić information content (AvgIpc) is 2.17. The molecule has 1 rings (SSSR count). The quantitative estimate of drug-likeness (QED) is 0.827. The molecule has 0 aliphatic carbocycles. The van der Waals surface area contributed by atoms with Crippen LogP contribution in [-0.4, -0.2) is 7.11 Å². The van der Waals surface area contributed by atoms with Crippen molar-refractivity contribution in [1.29, 1.82) is 0 Å². The van der Waals surface area contributed by atoms with Gasteiger partial charge < -0.3 is 10.5 Å². The molecule has 1 aromatic rings. The van der Waals surface area contributed by atoms with E-state index in [0.717, 1.165) is 11.1 Å². The van der Waals surface area contributed by atoms with Gasteiger partial charge in [0.1, 0.15) is 0 Å². The van der Waals surface area contributed by atoms with Gasteiger partial charge in [-0.1, -0.05) is 24.3 Å². The maximum Gasteiger partial charge on any atom is 0.0871 e. The third kappa shape index (κ3) is 2.80. The van der Waals surface area contributed by atoms with Crippen molar-refractivity contribution >= 4 is 0 Å². The van der Waals surface area contributed by atoms with E-state index in [-0.39, 0.29) is 11.1 Å². The van der Waals surface area contributed by atoms with Crippen LogP contribution in [0.25, 0.3) is 0 Å². The van der Waals surface area contributed by atoms with Gasteiger partial charge in [-0.2, -0.15) is 0 Å². The molecule has 0 radical (unpaired) electrons. The Morgan fingerprint density at radius 2 is 1.60 bits per heavy atom. The largest absolute Gasteiger partial charge is 0.374 e. The third-order valence-corrected chi connectivity index (χ3v) is 2.81. The summed E-state index contributed by atoms with van der Waals surface area (Å²) in [5.41, 5.74) is 7.78. The van der Waals surface area contributed by atoms with E-state index in [1.807, 2.05) is 19.9 Å². The summed E-state index contributed by atoms with van der Waals surface area (Å²) in [6.07, 6.45) is 0. The molecular weight excluding hydrogens is 186 g/mol. The monoisotopic (exact) mass is 207 g/mol. The smallest absolute Gasteiger partial charge is 0.0871 e. The molecule has 2 N–H and O–H groups in total. The van der Waals surface area contributed by atoms with E-state index in [1.165, 1.54) is 0 Å². The molecule has 0 aliphatic heterocycles. The summed E-state index contributed by atoms with van der Waals surface area (Å²) in [7, 11) is 1.72. The number of nitrogens with two attached hydrogens (primary N) is 1. The lowest BCUT2D eigenvalue weighted by molar-refractivity contribution is 0.0191. The van der Waals surface area contributed by atoms with E-state index in [4.69, 9.17) is 10.5 Å². The van der Waals surface area contributed by atoms with Crippen LogP contribution >= 0.6 is 0 Å². The van der Waals surface area contributed by atoms with Gasteiger partial charge in [0.25, 0.3) is 0 Å². The molecule has 2 heteroatoms. The van der Waals surface area contributed by atoms with Crippen LogP contribution in [0, 0.1) is 0 Å². The molecule has 1 aromatic carbocycles. The van der Waals surface area contributed by atoms with Gasteiger partial charge in [0.2, 0.25) is 0 Å². The van der Waals surface area contributed by atoms with Crippen molar-refractivity contribution < 1.29 is 4.74 Å². The highest BCUT2D eigenvalue weighted by Gasteiger charge is 2.22. The second-order valence-electron chi connectivity index (χ2n) is 5.02. The Morgan fingerprint density at radius 3 is 2.07 bits per heavy atom. The van der Waals surface area contributed by atoms with Crippen molar-refractivity contribution in [3.05, 3.63) is 35.4 Å². The van der Waals surface area contributed by atoms with Crippen molar-refractivity contribution in [2.24, 2.45) is 5.73 Å². The normalized spacial score (nSPS) is 12.9. The van der Waals surface area contributed by atoms with Crippen LogP contribution in [0.1, 0.15) is 38.8 Å². The highest BCUT2D eigenvalue weighted by Crippen LogP contribution is 2.27. The van der Waals surface area contributed by atoms with Gasteiger partial charge in [0.05, 0.1) is 5.60 Å². The Labute approximate surface area is 92.4 Å². The summed E-state index contributed by atoms with van der Waals surface area (Å²) >= 11 is 0. The zero-order valence-electron chi connectivity index (χ0n) is 10.3. The highest BCUT2D eigenvalue weighted by atomic mass is 16.5. The number of benzene rings is 1. The average molecular weight is 207 g/mol. The molecular formula is C13H21NO. The first-order valence-corrected chi connectivity index (χ1v) is 5.22. The third-order valence-electron chi connectivity index (χ3n) is 2.81. The van der Waals surface area contributed by atoms with Crippen LogP contribution in [0.15, 0.2) is 24.3 Å². The molecule has 0 spiro atoms. The van der Waals surface area contributed by atoms with E-state index in [1.54, 1.807) is 7.11 Å². The van der Waals surface area contributed by atoms with E-state index >= 15 is 0 Å². The maximum atomic E-state index is 6.07. The Bertz CT molecular complexity index is 337. The molecule has 0 aliphatic rings. The minimum atomic E-state index is -0.306. The van der Waals surface area contributed by atoms with Gasteiger partial charge in [0, 0.05) is 12.6 Å². The Hall–Kier alpha value is -0.860. The first-order chi connectivity index (χ1) is 6.77.